The van der Waals surface area contributed by atoms with E-state index in [-0.39, 0.29) is 12.1 Å². The van der Waals surface area contributed by atoms with Crippen LogP contribution in [0.15, 0.2) is 5.10 Å². The smallest absolute Gasteiger partial charge is 0.0901 e. The van der Waals surface area contributed by atoms with Gasteiger partial charge in [-0.15, -0.1) is 0 Å². The molecule has 2 saturated carbocycles. The average molecular weight is 223 g/mol. The summed E-state index contributed by atoms with van der Waals surface area (Å²) in [6.07, 6.45) is 9.09. The van der Waals surface area contributed by atoms with Crippen LogP contribution in [0.4, 0.5) is 0 Å². The fourth-order valence-corrected chi connectivity index (χ4v) is 3.13. The number of aliphatic hydroxyl groups excluding tert-OH is 1. The number of nitrogens with zero attached hydrogens (tertiary/aromatic N) is 2. The molecule has 2 N–H and O–H groups in total. The molecule has 3 rings (SSSR count). The summed E-state index contributed by atoms with van der Waals surface area (Å²) < 4.78 is 0. The maximum absolute atomic E-state index is 10.0. The van der Waals surface area contributed by atoms with Gasteiger partial charge >= 0.3 is 0 Å². The van der Waals surface area contributed by atoms with Gasteiger partial charge < -0.3 is 5.11 Å². The molecule has 0 aromatic heterocycles. The van der Waals surface area contributed by atoms with Crippen molar-refractivity contribution < 1.29 is 5.11 Å². The molecule has 0 saturated heterocycles. The van der Waals surface area contributed by atoms with Gasteiger partial charge in [0.2, 0.25) is 0 Å². The Kier molecular flexibility index (Phi) is 2.86. The highest BCUT2D eigenvalue weighted by Gasteiger charge is 2.35. The van der Waals surface area contributed by atoms with Crippen LogP contribution < -0.4 is 5.43 Å². The van der Waals surface area contributed by atoms with Crippen LogP contribution in [-0.2, 0) is 0 Å². The Balaban J connectivity index is 1.69. The van der Waals surface area contributed by atoms with Crippen LogP contribution >= 0.6 is 0 Å². The highest BCUT2D eigenvalue weighted by molar-refractivity contribution is 5.91. The average Bonchev–Trinajstić information content (AvgIpc) is 2.73. The highest BCUT2D eigenvalue weighted by Crippen LogP contribution is 2.27. The van der Waals surface area contributed by atoms with Gasteiger partial charge in [-0.2, -0.15) is 5.10 Å². The number of hydrogen-bond donors (Lipinski definition) is 2. The Hall–Kier alpha value is -0.610. The Morgan fingerprint density at radius 1 is 1.12 bits per heavy atom. The minimum atomic E-state index is -0.203. The molecular weight excluding hydrogens is 202 g/mol. The molecule has 3 unspecified atom stereocenters. The fourth-order valence-electron chi connectivity index (χ4n) is 3.13. The molecule has 3 atom stereocenters. The minimum Gasteiger partial charge on any atom is -0.391 e. The molecule has 0 aromatic rings. The predicted octanol–water partition coefficient (Wildman–Crippen LogP) is 1.41. The van der Waals surface area contributed by atoms with Crippen molar-refractivity contribution in [2.75, 3.05) is 0 Å². The number of hydrogen-bond acceptors (Lipinski definition) is 4. The minimum absolute atomic E-state index is 0.201. The molecule has 90 valence electrons. The van der Waals surface area contributed by atoms with Gasteiger partial charge in [-0.05, 0) is 32.1 Å². The monoisotopic (exact) mass is 223 g/mol. The third-order valence-corrected chi connectivity index (χ3v) is 4.11. The van der Waals surface area contributed by atoms with Crippen LogP contribution in [0.25, 0.3) is 0 Å². The maximum Gasteiger partial charge on any atom is 0.0901 e. The van der Waals surface area contributed by atoms with Crippen molar-refractivity contribution in [3.05, 3.63) is 0 Å². The molecule has 0 aromatic carbocycles. The molecule has 0 spiro atoms. The quantitative estimate of drug-likeness (QED) is 0.706. The van der Waals surface area contributed by atoms with Gasteiger partial charge in [-0.25, -0.2) is 10.5 Å². The normalized spacial score (nSPS) is 39.4. The molecule has 3 aliphatic rings. The second kappa shape index (κ2) is 4.34. The summed E-state index contributed by atoms with van der Waals surface area (Å²) in [4.78, 5) is 0. The molecule has 4 heteroatoms. The van der Waals surface area contributed by atoms with E-state index < -0.39 is 0 Å². The predicted molar refractivity (Wildman–Crippen MR) is 62.9 cm³/mol. The SMILES string of the molecule is OC1CCCCC1N1N=C2CCCCC2N1. The molecule has 2 aliphatic carbocycles. The molecule has 16 heavy (non-hydrogen) atoms. The first-order valence-electron chi connectivity index (χ1n) is 6.65. The van der Waals surface area contributed by atoms with E-state index in [1.165, 1.54) is 31.4 Å². The first kappa shape index (κ1) is 10.5. The first-order chi connectivity index (χ1) is 7.84. The van der Waals surface area contributed by atoms with E-state index >= 15 is 0 Å². The van der Waals surface area contributed by atoms with E-state index in [2.05, 4.69) is 10.5 Å². The summed E-state index contributed by atoms with van der Waals surface area (Å²) in [5, 5.41) is 16.6. The largest absolute Gasteiger partial charge is 0.391 e. The molecule has 0 radical (unpaired) electrons. The van der Waals surface area contributed by atoms with Gasteiger partial charge in [0.25, 0.3) is 0 Å². The van der Waals surface area contributed by atoms with Gasteiger partial charge in [0.1, 0.15) is 0 Å². The van der Waals surface area contributed by atoms with E-state index in [9.17, 15) is 5.11 Å². The van der Waals surface area contributed by atoms with Crippen molar-refractivity contribution in [2.45, 2.75) is 69.6 Å². The van der Waals surface area contributed by atoms with Crippen molar-refractivity contribution >= 4 is 5.71 Å². The fraction of sp³-hybridized carbons (Fsp3) is 0.917. The molecular formula is C12H21N3O. The van der Waals surface area contributed by atoms with Crippen LogP contribution in [0.3, 0.4) is 0 Å². The number of rotatable bonds is 1. The number of aliphatic hydroxyl groups is 1. The molecule has 0 amide bonds. The summed E-state index contributed by atoms with van der Waals surface area (Å²) in [6, 6.07) is 0.662. The molecule has 4 nitrogen and oxygen atoms in total. The Labute approximate surface area is 96.7 Å². The van der Waals surface area contributed by atoms with E-state index in [0.717, 1.165) is 25.7 Å². The summed E-state index contributed by atoms with van der Waals surface area (Å²) >= 11 is 0. The van der Waals surface area contributed by atoms with Crippen molar-refractivity contribution in [3.63, 3.8) is 0 Å². The Morgan fingerprint density at radius 2 is 1.94 bits per heavy atom. The van der Waals surface area contributed by atoms with Gasteiger partial charge in [0, 0.05) is 0 Å². The van der Waals surface area contributed by atoms with E-state index in [1.807, 2.05) is 5.12 Å². The zero-order valence-corrected chi connectivity index (χ0v) is 9.73. The Bertz CT molecular complexity index is 292. The number of nitrogens with one attached hydrogen (secondary N) is 1. The van der Waals surface area contributed by atoms with Crippen LogP contribution in [0.5, 0.6) is 0 Å². The van der Waals surface area contributed by atoms with Gasteiger partial charge in [-0.1, -0.05) is 19.3 Å². The molecule has 2 fully saturated rings. The van der Waals surface area contributed by atoms with Gasteiger partial charge in [0.05, 0.1) is 23.9 Å². The lowest BCUT2D eigenvalue weighted by atomic mass is 9.93. The highest BCUT2D eigenvalue weighted by atomic mass is 16.3. The van der Waals surface area contributed by atoms with E-state index in [0.29, 0.717) is 6.04 Å². The second-order valence-corrected chi connectivity index (χ2v) is 5.28. The van der Waals surface area contributed by atoms with E-state index in [4.69, 9.17) is 0 Å². The summed E-state index contributed by atoms with van der Waals surface area (Å²) in [5.41, 5.74) is 4.77. The lowest BCUT2D eigenvalue weighted by Crippen LogP contribution is -2.49. The van der Waals surface area contributed by atoms with Crippen LogP contribution in [0, 0.1) is 0 Å². The lowest BCUT2D eigenvalue weighted by Gasteiger charge is -2.34. The van der Waals surface area contributed by atoms with Crippen molar-refractivity contribution in [2.24, 2.45) is 5.10 Å². The topological polar surface area (TPSA) is 47.9 Å². The first-order valence-corrected chi connectivity index (χ1v) is 6.65. The molecule has 1 heterocycles. The molecule has 1 aliphatic heterocycles. The maximum atomic E-state index is 10.0. The molecule has 0 bridgehead atoms. The van der Waals surface area contributed by atoms with E-state index in [1.54, 1.807) is 0 Å². The van der Waals surface area contributed by atoms with Crippen molar-refractivity contribution in [1.29, 1.82) is 0 Å². The third-order valence-electron chi connectivity index (χ3n) is 4.11. The van der Waals surface area contributed by atoms with Crippen molar-refractivity contribution in [3.8, 4) is 0 Å². The summed E-state index contributed by atoms with van der Waals surface area (Å²) in [5.74, 6) is 0. The van der Waals surface area contributed by atoms with Gasteiger partial charge in [-0.3, -0.25) is 0 Å². The van der Waals surface area contributed by atoms with Gasteiger partial charge in [0.15, 0.2) is 0 Å². The number of hydrazine groups is 1. The lowest BCUT2D eigenvalue weighted by molar-refractivity contribution is -0.00198. The number of hydrazone groups is 1. The van der Waals surface area contributed by atoms with Crippen molar-refractivity contribution in [1.82, 2.24) is 10.5 Å². The number of fused-ring (bicyclic) bond motifs is 1. The van der Waals surface area contributed by atoms with Crippen LogP contribution in [0.2, 0.25) is 0 Å². The second-order valence-electron chi connectivity index (χ2n) is 5.28. The summed E-state index contributed by atoms with van der Waals surface area (Å²) in [6.45, 7) is 0. The van der Waals surface area contributed by atoms with Crippen LogP contribution in [0.1, 0.15) is 51.4 Å². The standard InChI is InChI=1S/C12H21N3O/c16-12-8-4-3-7-11(12)15-13-9-5-1-2-6-10(9)14-15/h9,11-13,16H,1-8H2. The zero-order valence-electron chi connectivity index (χ0n) is 9.73. The zero-order chi connectivity index (χ0) is 11.0. The summed E-state index contributed by atoms with van der Waals surface area (Å²) in [7, 11) is 0. The Morgan fingerprint density at radius 3 is 2.75 bits per heavy atom. The van der Waals surface area contributed by atoms with Crippen LogP contribution in [-0.4, -0.2) is 34.1 Å². The third kappa shape index (κ3) is 1.84.